The quantitative estimate of drug-likeness (QED) is 0.601. The van der Waals surface area contributed by atoms with Crippen molar-refractivity contribution >= 4 is 29.6 Å². The third-order valence-electron chi connectivity index (χ3n) is 3.45. The number of hydrogen-bond acceptors (Lipinski definition) is 5. The number of aliphatic imine (C=N–C) groups is 1. The number of rotatable bonds is 6. The molecule has 1 aromatic carbocycles. The highest BCUT2D eigenvalue weighted by Crippen LogP contribution is 2.16. The van der Waals surface area contributed by atoms with Gasteiger partial charge in [0.1, 0.15) is 0 Å². The largest absolute Gasteiger partial charge is 0.479 e. The number of halogens is 1. The molecule has 0 spiro atoms. The second kappa shape index (κ2) is 9.54. The predicted molar refractivity (Wildman–Crippen MR) is 98.9 cm³/mol. The Labute approximate surface area is 151 Å². The van der Waals surface area contributed by atoms with Crippen LogP contribution in [0, 0.1) is 5.92 Å². The van der Waals surface area contributed by atoms with Crippen molar-refractivity contribution in [3.63, 3.8) is 0 Å². The van der Waals surface area contributed by atoms with Crippen molar-refractivity contribution in [1.29, 1.82) is 0 Å². The van der Waals surface area contributed by atoms with Gasteiger partial charge in [0.25, 0.3) is 0 Å². The first-order chi connectivity index (χ1) is 12.1. The number of benzene rings is 1. The smallest absolute Gasteiger partial charge is 0.407 e. The Morgan fingerprint density at radius 1 is 1.32 bits per heavy atom. The van der Waals surface area contributed by atoms with Gasteiger partial charge >= 0.3 is 6.09 Å². The number of methoxy groups -OCH3 is 1. The molecule has 0 heterocycles. The number of ether oxygens (including phenoxy) is 2. The molecule has 25 heavy (non-hydrogen) atoms. The monoisotopic (exact) mass is 361 g/mol. The molecule has 0 aromatic heterocycles. The summed E-state index contributed by atoms with van der Waals surface area (Å²) in [5.74, 6) is 0.182. The maximum absolute atomic E-state index is 11.4. The summed E-state index contributed by atoms with van der Waals surface area (Å²) < 4.78 is 10.2. The van der Waals surface area contributed by atoms with E-state index in [0.717, 1.165) is 5.69 Å². The fourth-order valence-electron chi connectivity index (χ4n) is 2.13. The van der Waals surface area contributed by atoms with Crippen LogP contribution in [0.1, 0.15) is 0 Å². The molecule has 2 rings (SSSR count). The van der Waals surface area contributed by atoms with Gasteiger partial charge in [-0.2, -0.15) is 0 Å². The summed E-state index contributed by atoms with van der Waals surface area (Å²) in [4.78, 5) is 15.6. The van der Waals surface area contributed by atoms with E-state index in [1.807, 2.05) is 24.3 Å². The predicted octanol–water partition coefficient (Wildman–Crippen LogP) is 3.33. The molecule has 2 unspecified atom stereocenters. The van der Waals surface area contributed by atoms with Crippen LogP contribution < -0.4 is 11.1 Å². The van der Waals surface area contributed by atoms with Crippen LogP contribution in [0.3, 0.4) is 0 Å². The van der Waals surface area contributed by atoms with Gasteiger partial charge in [-0.15, -0.1) is 0 Å². The zero-order valence-electron chi connectivity index (χ0n) is 13.8. The molecule has 7 heteroatoms. The van der Waals surface area contributed by atoms with Crippen LogP contribution in [0.15, 0.2) is 65.5 Å². The normalized spacial score (nSPS) is 19.8. The van der Waals surface area contributed by atoms with E-state index in [2.05, 4.69) is 15.0 Å². The van der Waals surface area contributed by atoms with E-state index in [9.17, 15) is 4.79 Å². The van der Waals surface area contributed by atoms with Crippen molar-refractivity contribution in [2.45, 2.75) is 6.04 Å². The van der Waals surface area contributed by atoms with Crippen LogP contribution in [0.5, 0.6) is 0 Å². The van der Waals surface area contributed by atoms with Crippen molar-refractivity contribution in [2.75, 3.05) is 13.7 Å². The van der Waals surface area contributed by atoms with E-state index in [4.69, 9.17) is 22.1 Å². The molecule has 0 saturated carbocycles. The Balaban J connectivity index is 1.86. The number of alkyl carbamates (subject to hydrolysis) is 1. The molecule has 0 aliphatic heterocycles. The third kappa shape index (κ3) is 6.35. The average Bonchev–Trinajstić information content (AvgIpc) is 2.62. The number of allylic oxidation sites excluding steroid dienone is 3. The lowest BCUT2D eigenvalue weighted by Gasteiger charge is -2.24. The number of carbonyl (C=O) groups excluding carboxylic acids is 1. The fourth-order valence-corrected chi connectivity index (χ4v) is 2.25. The zero-order valence-corrected chi connectivity index (χ0v) is 14.5. The molecule has 3 N–H and O–H groups in total. The summed E-state index contributed by atoms with van der Waals surface area (Å²) in [6.45, 7) is 0.312. The van der Waals surface area contributed by atoms with E-state index < -0.39 is 6.09 Å². The molecule has 1 aliphatic rings. The third-order valence-corrected chi connectivity index (χ3v) is 3.70. The van der Waals surface area contributed by atoms with Gasteiger partial charge in [-0.3, -0.25) is 4.99 Å². The molecule has 1 aromatic rings. The molecule has 0 fully saturated rings. The van der Waals surface area contributed by atoms with Crippen LogP contribution in [0.2, 0.25) is 5.02 Å². The summed E-state index contributed by atoms with van der Waals surface area (Å²) in [5.41, 5.74) is 6.58. The van der Waals surface area contributed by atoms with Crippen molar-refractivity contribution in [2.24, 2.45) is 16.6 Å². The van der Waals surface area contributed by atoms with Crippen molar-refractivity contribution in [3.05, 3.63) is 65.6 Å². The molecule has 6 nitrogen and oxygen atoms in total. The number of amides is 1. The van der Waals surface area contributed by atoms with Gasteiger partial charge in [-0.25, -0.2) is 4.79 Å². The average molecular weight is 362 g/mol. The molecule has 0 radical (unpaired) electrons. The molecule has 2 atom stereocenters. The van der Waals surface area contributed by atoms with Crippen molar-refractivity contribution < 1.29 is 14.3 Å². The minimum absolute atomic E-state index is 0.0516. The lowest BCUT2D eigenvalue weighted by molar-refractivity contribution is 0.150. The van der Waals surface area contributed by atoms with Gasteiger partial charge in [0.15, 0.2) is 5.88 Å². The number of carbonyl (C=O) groups is 1. The van der Waals surface area contributed by atoms with Crippen molar-refractivity contribution in [3.8, 4) is 0 Å². The summed E-state index contributed by atoms with van der Waals surface area (Å²) >= 11 is 5.82. The van der Waals surface area contributed by atoms with E-state index in [0.29, 0.717) is 11.6 Å². The summed E-state index contributed by atoms with van der Waals surface area (Å²) in [6, 6.07) is 6.90. The second-order valence-electron chi connectivity index (χ2n) is 5.23. The van der Waals surface area contributed by atoms with Crippen LogP contribution in [0.4, 0.5) is 10.5 Å². The Morgan fingerprint density at radius 2 is 2.04 bits per heavy atom. The van der Waals surface area contributed by atoms with E-state index in [1.54, 1.807) is 36.6 Å². The van der Waals surface area contributed by atoms with Gasteiger partial charge in [0.05, 0.1) is 25.4 Å². The SMILES string of the molecule is COC(=O)NC1C=CC=CC1COC(N)=CC=Nc1ccc(Cl)cc1. The minimum atomic E-state index is -0.492. The maximum atomic E-state index is 11.4. The van der Waals surface area contributed by atoms with Gasteiger partial charge in [-0.05, 0) is 24.3 Å². The first-order valence-corrected chi connectivity index (χ1v) is 8.04. The maximum Gasteiger partial charge on any atom is 0.407 e. The zero-order chi connectivity index (χ0) is 18.1. The number of nitrogens with zero attached hydrogens (tertiary/aromatic N) is 1. The van der Waals surface area contributed by atoms with E-state index in [1.165, 1.54) is 7.11 Å². The van der Waals surface area contributed by atoms with Crippen LogP contribution in [-0.4, -0.2) is 32.1 Å². The minimum Gasteiger partial charge on any atom is -0.479 e. The van der Waals surface area contributed by atoms with Gasteiger partial charge in [-0.1, -0.05) is 35.9 Å². The lowest BCUT2D eigenvalue weighted by Crippen LogP contribution is -2.40. The molecule has 0 saturated heterocycles. The highest BCUT2D eigenvalue weighted by atomic mass is 35.5. The molecule has 132 valence electrons. The number of nitrogens with two attached hydrogens (primary N) is 1. The fraction of sp³-hybridized carbons (Fsp3) is 0.222. The Bertz CT molecular complexity index is 696. The van der Waals surface area contributed by atoms with Crippen molar-refractivity contribution in [1.82, 2.24) is 5.32 Å². The molecule has 1 amide bonds. The summed E-state index contributed by atoms with van der Waals surface area (Å²) in [5, 5.41) is 3.39. The Hall–Kier alpha value is -2.73. The number of nitrogens with one attached hydrogen (secondary N) is 1. The summed E-state index contributed by atoms with van der Waals surface area (Å²) in [7, 11) is 1.32. The summed E-state index contributed by atoms with van der Waals surface area (Å²) in [6.07, 6.45) is 10.2. The highest BCUT2D eigenvalue weighted by molar-refractivity contribution is 6.30. The molecular weight excluding hydrogens is 342 g/mol. The number of hydrogen-bond donors (Lipinski definition) is 2. The highest BCUT2D eigenvalue weighted by Gasteiger charge is 2.21. The standard InChI is InChI=1S/C18H20ClN3O3/c1-24-18(23)22-16-5-3-2-4-13(16)12-25-17(20)10-11-21-15-8-6-14(19)7-9-15/h2-11,13,16H,12,20H2,1H3,(H,22,23). The van der Waals surface area contributed by atoms with E-state index >= 15 is 0 Å². The van der Waals surface area contributed by atoms with Crippen LogP contribution >= 0.6 is 11.6 Å². The van der Waals surface area contributed by atoms with Crippen LogP contribution in [0.25, 0.3) is 0 Å². The van der Waals surface area contributed by atoms with Crippen LogP contribution in [-0.2, 0) is 9.47 Å². The van der Waals surface area contributed by atoms with Gasteiger partial charge in [0.2, 0.25) is 0 Å². The second-order valence-corrected chi connectivity index (χ2v) is 5.67. The lowest BCUT2D eigenvalue weighted by atomic mass is 9.96. The molecular formula is C18H20ClN3O3. The molecule has 0 bridgehead atoms. The van der Waals surface area contributed by atoms with Gasteiger partial charge in [0, 0.05) is 23.2 Å². The topological polar surface area (TPSA) is 85.9 Å². The first kappa shape index (κ1) is 18.6. The Kier molecular flexibility index (Phi) is 7.10. The first-order valence-electron chi connectivity index (χ1n) is 7.66. The molecule has 1 aliphatic carbocycles. The van der Waals surface area contributed by atoms with Gasteiger partial charge < -0.3 is 20.5 Å². The Morgan fingerprint density at radius 3 is 2.76 bits per heavy atom. The van der Waals surface area contributed by atoms with E-state index in [-0.39, 0.29) is 17.8 Å².